The van der Waals surface area contributed by atoms with Crippen LogP contribution in [0.3, 0.4) is 0 Å². The summed E-state index contributed by atoms with van der Waals surface area (Å²) in [5, 5.41) is 2.77. The second kappa shape index (κ2) is 9.25. The average molecular weight is 516 g/mol. The highest BCUT2D eigenvalue weighted by Gasteiger charge is 2.31. The molecular formula is C20H26BrN3O6S. The molecule has 1 aromatic carbocycles. The van der Waals surface area contributed by atoms with Crippen LogP contribution >= 0.6 is 15.9 Å². The number of likely N-dealkylation sites (N-methyl/N-ethyl adjacent to an activating group) is 1. The molecule has 0 radical (unpaired) electrons. The highest BCUT2D eigenvalue weighted by molar-refractivity contribution is 9.10. The molecule has 3 amide bonds. The molecule has 0 unspecified atom stereocenters. The zero-order valence-electron chi connectivity index (χ0n) is 17.4. The molecule has 3 rings (SSSR count). The van der Waals surface area contributed by atoms with E-state index < -0.39 is 27.4 Å². The average Bonchev–Trinajstić information content (AvgIpc) is 3.25. The van der Waals surface area contributed by atoms with Crippen LogP contribution in [-0.4, -0.2) is 62.9 Å². The van der Waals surface area contributed by atoms with Gasteiger partial charge in [-0.15, -0.1) is 0 Å². The van der Waals surface area contributed by atoms with Gasteiger partial charge in [0.1, 0.15) is 6.61 Å². The number of hydrogen-bond acceptors (Lipinski definition) is 6. The monoisotopic (exact) mass is 515 g/mol. The Morgan fingerprint density at radius 2 is 1.97 bits per heavy atom. The van der Waals surface area contributed by atoms with E-state index in [1.807, 2.05) is 11.6 Å². The van der Waals surface area contributed by atoms with Crippen LogP contribution in [0.1, 0.15) is 49.4 Å². The lowest BCUT2D eigenvalue weighted by atomic mass is 10.1. The first-order chi connectivity index (χ1) is 14.5. The fourth-order valence-electron chi connectivity index (χ4n) is 3.82. The number of amides is 3. The molecular weight excluding hydrogens is 490 g/mol. The van der Waals surface area contributed by atoms with Gasteiger partial charge in [-0.25, -0.2) is 13.1 Å². The van der Waals surface area contributed by atoms with Gasteiger partial charge in [-0.1, -0.05) is 12.8 Å². The number of nitrogens with zero attached hydrogens (tertiary/aromatic N) is 1. The molecule has 0 aromatic heterocycles. The summed E-state index contributed by atoms with van der Waals surface area (Å²) >= 11 is 3.22. The van der Waals surface area contributed by atoms with Gasteiger partial charge in [-0.2, -0.15) is 0 Å². The molecule has 11 heteroatoms. The summed E-state index contributed by atoms with van der Waals surface area (Å²) in [6.45, 7) is 2.00. The van der Waals surface area contributed by atoms with Crippen LogP contribution in [0, 0.1) is 0 Å². The molecule has 0 bridgehead atoms. The number of rotatable bonds is 7. The number of nitrogens with one attached hydrogen (secondary N) is 2. The highest BCUT2D eigenvalue weighted by Crippen LogP contribution is 2.32. The van der Waals surface area contributed by atoms with Crippen molar-refractivity contribution >= 4 is 43.7 Å². The van der Waals surface area contributed by atoms with Gasteiger partial charge in [0.25, 0.3) is 21.8 Å². The fourth-order valence-corrected chi connectivity index (χ4v) is 5.52. The van der Waals surface area contributed by atoms with Crippen molar-refractivity contribution in [2.75, 3.05) is 20.2 Å². The van der Waals surface area contributed by atoms with E-state index in [0.717, 1.165) is 25.7 Å². The van der Waals surface area contributed by atoms with E-state index in [0.29, 0.717) is 6.54 Å². The van der Waals surface area contributed by atoms with Crippen molar-refractivity contribution in [2.45, 2.75) is 55.6 Å². The van der Waals surface area contributed by atoms with Gasteiger partial charge >= 0.3 is 0 Å². The highest BCUT2D eigenvalue weighted by atomic mass is 79.9. The summed E-state index contributed by atoms with van der Waals surface area (Å²) in [4.78, 5) is 37.6. The molecule has 170 valence electrons. The maximum Gasteiger partial charge on any atom is 0.264 e. The van der Waals surface area contributed by atoms with Crippen molar-refractivity contribution in [1.29, 1.82) is 0 Å². The van der Waals surface area contributed by atoms with E-state index in [1.54, 1.807) is 7.05 Å². The van der Waals surface area contributed by atoms with Crippen LogP contribution < -0.4 is 10.0 Å². The Kier molecular flexibility index (Phi) is 7.07. The second-order valence-corrected chi connectivity index (χ2v) is 10.8. The van der Waals surface area contributed by atoms with E-state index in [9.17, 15) is 22.8 Å². The molecule has 1 saturated carbocycles. The predicted octanol–water partition coefficient (Wildman–Crippen LogP) is 1.56. The molecule has 2 aliphatic rings. The van der Waals surface area contributed by atoms with Crippen LogP contribution in [0.15, 0.2) is 27.6 Å². The van der Waals surface area contributed by atoms with Crippen molar-refractivity contribution in [2.24, 2.45) is 0 Å². The minimum Gasteiger partial charge on any atom is -0.365 e. The molecule has 2 N–H and O–H groups in total. The maximum atomic E-state index is 12.6. The molecule has 2 fully saturated rings. The van der Waals surface area contributed by atoms with Crippen molar-refractivity contribution in [3.8, 4) is 0 Å². The standard InChI is InChI=1S/C20H26BrN3O6S/c1-20(7-3-4-8-20)30-12-17(25)23-31(28,29)14-5-6-15(16(21)10-14)19(27)22-13-9-18(26)24(2)11-13/h5-6,10,13H,3-4,7-9,11-12H2,1-2H3,(H,22,27)(H,23,25)/t13-/m1/s1. The Hall–Kier alpha value is -1.98. The van der Waals surface area contributed by atoms with Crippen LogP contribution in [0.25, 0.3) is 0 Å². The van der Waals surface area contributed by atoms with Crippen LogP contribution in [0.5, 0.6) is 0 Å². The van der Waals surface area contributed by atoms with E-state index in [1.165, 1.54) is 23.1 Å². The Bertz CT molecular complexity index is 991. The minimum atomic E-state index is -4.12. The summed E-state index contributed by atoms with van der Waals surface area (Å²) in [5.74, 6) is -1.22. The largest absolute Gasteiger partial charge is 0.365 e. The molecule has 9 nitrogen and oxygen atoms in total. The van der Waals surface area contributed by atoms with Crippen LogP contribution in [-0.2, 0) is 24.3 Å². The molecule has 1 saturated heterocycles. The van der Waals surface area contributed by atoms with Gasteiger partial charge in [-0.3, -0.25) is 14.4 Å². The number of halogens is 1. The third-order valence-corrected chi connectivity index (χ3v) is 7.66. The first kappa shape index (κ1) is 23.7. The quantitative estimate of drug-likeness (QED) is 0.568. The molecule has 1 aliphatic heterocycles. The van der Waals surface area contributed by atoms with Crippen molar-refractivity contribution < 1.29 is 27.5 Å². The molecule has 1 aromatic rings. The fraction of sp³-hybridized carbons (Fsp3) is 0.550. The third-order valence-electron chi connectivity index (χ3n) is 5.63. The van der Waals surface area contributed by atoms with Gasteiger partial charge in [0.15, 0.2) is 0 Å². The summed E-state index contributed by atoms with van der Waals surface area (Å²) in [6.07, 6.45) is 3.96. The van der Waals surface area contributed by atoms with Gasteiger partial charge in [0, 0.05) is 24.5 Å². The van der Waals surface area contributed by atoms with Gasteiger partial charge in [-0.05, 0) is 53.9 Å². The van der Waals surface area contributed by atoms with E-state index in [-0.39, 0.29) is 39.9 Å². The Morgan fingerprint density at radius 3 is 2.55 bits per heavy atom. The molecule has 0 spiro atoms. The summed E-state index contributed by atoms with van der Waals surface area (Å²) in [7, 11) is -2.46. The molecule has 1 atom stereocenters. The Labute approximate surface area is 190 Å². The minimum absolute atomic E-state index is 0.0487. The Morgan fingerprint density at radius 1 is 1.29 bits per heavy atom. The van der Waals surface area contributed by atoms with Gasteiger partial charge < -0.3 is 15.0 Å². The second-order valence-electron chi connectivity index (χ2n) is 8.26. The number of carbonyl (C=O) groups is 3. The van der Waals surface area contributed by atoms with Crippen LogP contribution in [0.2, 0.25) is 0 Å². The van der Waals surface area contributed by atoms with E-state index >= 15 is 0 Å². The van der Waals surface area contributed by atoms with Crippen molar-refractivity contribution in [3.63, 3.8) is 0 Å². The van der Waals surface area contributed by atoms with Gasteiger partial charge in [0.05, 0.1) is 22.1 Å². The van der Waals surface area contributed by atoms with Gasteiger partial charge in [0.2, 0.25) is 5.91 Å². The lowest BCUT2D eigenvalue weighted by Gasteiger charge is -2.23. The smallest absolute Gasteiger partial charge is 0.264 e. The summed E-state index contributed by atoms with van der Waals surface area (Å²) < 4.78 is 33.0. The number of sulfonamides is 1. The summed E-state index contributed by atoms with van der Waals surface area (Å²) in [6, 6.07) is 3.56. The van der Waals surface area contributed by atoms with Crippen LogP contribution in [0.4, 0.5) is 0 Å². The topological polar surface area (TPSA) is 122 Å². The number of hydrogen-bond donors (Lipinski definition) is 2. The lowest BCUT2D eigenvalue weighted by molar-refractivity contribution is -0.130. The summed E-state index contributed by atoms with van der Waals surface area (Å²) in [5.41, 5.74) is -0.164. The first-order valence-electron chi connectivity index (χ1n) is 10.0. The SMILES string of the molecule is CN1C[C@H](NC(=O)c2ccc(S(=O)(=O)NC(=O)COC3(C)CCCC3)cc2Br)CC1=O. The number of ether oxygens (including phenoxy) is 1. The zero-order valence-corrected chi connectivity index (χ0v) is 19.8. The number of likely N-dealkylation sites (tertiary alicyclic amines) is 1. The maximum absolute atomic E-state index is 12.6. The van der Waals surface area contributed by atoms with E-state index in [2.05, 4.69) is 21.2 Å². The number of benzene rings is 1. The third kappa shape index (κ3) is 5.83. The van der Waals surface area contributed by atoms with Crippen molar-refractivity contribution in [1.82, 2.24) is 14.9 Å². The zero-order chi connectivity index (χ0) is 22.8. The first-order valence-corrected chi connectivity index (χ1v) is 12.3. The lowest BCUT2D eigenvalue weighted by Crippen LogP contribution is -2.37. The number of carbonyl (C=O) groups excluding carboxylic acids is 3. The van der Waals surface area contributed by atoms with Crippen molar-refractivity contribution in [3.05, 3.63) is 28.2 Å². The van der Waals surface area contributed by atoms with E-state index in [4.69, 9.17) is 4.74 Å². The predicted molar refractivity (Wildman–Crippen MR) is 116 cm³/mol. The molecule has 1 heterocycles. The molecule has 31 heavy (non-hydrogen) atoms. The Balaban J connectivity index is 1.61. The normalized spacial score (nSPS) is 20.7. The molecule has 1 aliphatic carbocycles.